The minimum atomic E-state index is -4.06. The van der Waals surface area contributed by atoms with Crippen molar-refractivity contribution in [1.29, 1.82) is 0 Å². The van der Waals surface area contributed by atoms with Crippen molar-refractivity contribution in [3.05, 3.63) is 64.6 Å². The molecule has 2 atom stereocenters. The fourth-order valence-corrected chi connectivity index (χ4v) is 5.24. The van der Waals surface area contributed by atoms with E-state index in [1.165, 1.54) is 6.07 Å². The first-order valence-corrected chi connectivity index (χ1v) is 12.3. The fourth-order valence-electron chi connectivity index (χ4n) is 3.01. The van der Waals surface area contributed by atoms with Crippen molar-refractivity contribution in [2.75, 3.05) is 6.54 Å². The average molecular weight is 539 g/mol. The largest absolute Gasteiger partial charge is 0.370 e. The number of sulfonamides is 1. The van der Waals surface area contributed by atoms with Gasteiger partial charge in [-0.15, -0.1) is 0 Å². The molecule has 33 heavy (non-hydrogen) atoms. The van der Waals surface area contributed by atoms with Crippen molar-refractivity contribution in [2.24, 2.45) is 22.2 Å². The molecule has 0 aliphatic rings. The molecule has 0 bridgehead atoms. The third kappa shape index (κ3) is 8.48. The first-order valence-electron chi connectivity index (χ1n) is 10.1. The van der Waals surface area contributed by atoms with Crippen LogP contribution < -0.4 is 27.2 Å². The first-order chi connectivity index (χ1) is 15.6. The molecule has 10 nitrogen and oxygen atoms in total. The van der Waals surface area contributed by atoms with Crippen LogP contribution in [0.5, 0.6) is 0 Å². The monoisotopic (exact) mass is 538 g/mol. The van der Waals surface area contributed by atoms with Gasteiger partial charge in [0, 0.05) is 17.4 Å². The Labute approximate surface area is 201 Å². The summed E-state index contributed by atoms with van der Waals surface area (Å²) in [5.41, 5.74) is 16.9. The summed E-state index contributed by atoms with van der Waals surface area (Å²) in [6, 6.07) is 13.0. The van der Waals surface area contributed by atoms with Gasteiger partial charge in [-0.05, 0) is 46.5 Å². The number of aliphatic imine (C=N–C) groups is 1. The van der Waals surface area contributed by atoms with Crippen LogP contribution in [0.1, 0.15) is 18.4 Å². The number of guanidine groups is 1. The molecule has 0 heterocycles. The number of hydrogen-bond donors (Lipinski definition) is 5. The van der Waals surface area contributed by atoms with Gasteiger partial charge in [0.2, 0.25) is 21.8 Å². The molecule has 12 heteroatoms. The molecule has 0 spiro atoms. The summed E-state index contributed by atoms with van der Waals surface area (Å²) in [6.45, 7) is 0.201. The molecule has 0 radical (unpaired) electrons. The first kappa shape index (κ1) is 26.3. The minimum Gasteiger partial charge on any atom is -0.370 e. The molecule has 2 aromatic rings. The van der Waals surface area contributed by atoms with Crippen molar-refractivity contribution < 1.29 is 18.0 Å². The summed E-state index contributed by atoms with van der Waals surface area (Å²) >= 11 is 3.21. The van der Waals surface area contributed by atoms with Crippen LogP contribution in [0.2, 0.25) is 0 Å². The van der Waals surface area contributed by atoms with E-state index in [-0.39, 0.29) is 30.2 Å². The topological polar surface area (TPSA) is 183 Å². The number of nitrogens with two attached hydrogens (primary N) is 3. The van der Waals surface area contributed by atoms with Gasteiger partial charge in [-0.3, -0.25) is 14.6 Å². The van der Waals surface area contributed by atoms with Gasteiger partial charge in [-0.25, -0.2) is 8.42 Å². The van der Waals surface area contributed by atoms with Gasteiger partial charge in [0.25, 0.3) is 0 Å². The Morgan fingerprint density at radius 3 is 2.21 bits per heavy atom. The van der Waals surface area contributed by atoms with Crippen molar-refractivity contribution >= 4 is 43.7 Å². The highest BCUT2D eigenvalue weighted by molar-refractivity contribution is 9.10. The molecule has 2 aromatic carbocycles. The van der Waals surface area contributed by atoms with Gasteiger partial charge >= 0.3 is 0 Å². The molecule has 178 valence electrons. The van der Waals surface area contributed by atoms with Crippen LogP contribution in [0, 0.1) is 0 Å². The van der Waals surface area contributed by atoms with Crippen LogP contribution in [-0.4, -0.2) is 44.8 Å². The number of carbonyl (C=O) groups excluding carboxylic acids is 2. The zero-order chi connectivity index (χ0) is 24.4. The summed E-state index contributed by atoms with van der Waals surface area (Å²) in [5.74, 6) is -1.53. The van der Waals surface area contributed by atoms with E-state index in [1.807, 2.05) is 6.07 Å². The molecule has 0 saturated carbocycles. The minimum absolute atomic E-state index is 0.0252. The predicted molar refractivity (Wildman–Crippen MR) is 129 cm³/mol. The molecule has 0 aliphatic heterocycles. The third-order valence-corrected chi connectivity index (χ3v) is 7.11. The molecule has 1 unspecified atom stereocenters. The number of rotatable bonds is 12. The standard InChI is InChI=1S/C21H27BrN6O4S/c22-15-9-4-5-11-18(15)33(31,32)28-16(10-6-12-26-21(24)25)20(30)27-17(19(23)29)13-14-7-2-1-3-8-14/h1-5,7-9,11,16-17,28H,6,10,12-13H2,(H2,23,29)(H,27,30)(H4,24,25,26)/t16?,17-/m1/s1. The molecule has 2 amide bonds. The molecule has 0 aliphatic carbocycles. The number of hydrogen-bond acceptors (Lipinski definition) is 5. The maximum atomic E-state index is 13.0. The van der Waals surface area contributed by atoms with E-state index < -0.39 is 33.9 Å². The van der Waals surface area contributed by atoms with Gasteiger partial charge in [-0.1, -0.05) is 42.5 Å². The van der Waals surface area contributed by atoms with E-state index in [4.69, 9.17) is 17.2 Å². The van der Waals surface area contributed by atoms with Crippen molar-refractivity contribution in [1.82, 2.24) is 10.0 Å². The van der Waals surface area contributed by atoms with Gasteiger partial charge in [0.15, 0.2) is 5.96 Å². The Kier molecular flexibility index (Phi) is 9.82. The number of nitrogens with zero attached hydrogens (tertiary/aromatic N) is 1. The maximum absolute atomic E-state index is 13.0. The zero-order valence-corrected chi connectivity index (χ0v) is 20.2. The van der Waals surface area contributed by atoms with Crippen molar-refractivity contribution in [3.63, 3.8) is 0 Å². The highest BCUT2D eigenvalue weighted by Gasteiger charge is 2.29. The Morgan fingerprint density at radius 1 is 0.970 bits per heavy atom. The number of benzene rings is 2. The fraction of sp³-hybridized carbons (Fsp3) is 0.286. The highest BCUT2D eigenvalue weighted by atomic mass is 79.9. The quantitative estimate of drug-likeness (QED) is 0.147. The molecule has 0 fully saturated rings. The molecular formula is C21H27BrN6O4S. The van der Waals surface area contributed by atoms with Crippen molar-refractivity contribution in [2.45, 2.75) is 36.2 Å². The second-order valence-electron chi connectivity index (χ2n) is 7.21. The van der Waals surface area contributed by atoms with Crippen molar-refractivity contribution in [3.8, 4) is 0 Å². The SMILES string of the molecule is NC(=O)[C@@H](Cc1ccccc1)NC(=O)C(CCCN=C(N)N)NS(=O)(=O)c1ccccc1Br. The van der Waals surface area contributed by atoms with Gasteiger partial charge in [0.05, 0.1) is 4.90 Å². The lowest BCUT2D eigenvalue weighted by atomic mass is 10.0. The molecule has 2 rings (SSSR count). The maximum Gasteiger partial charge on any atom is 0.242 e. The van der Waals surface area contributed by atoms with E-state index in [0.717, 1.165) is 5.56 Å². The molecule has 0 aromatic heterocycles. The van der Waals surface area contributed by atoms with Gasteiger partial charge < -0.3 is 22.5 Å². The lowest BCUT2D eigenvalue weighted by Crippen LogP contribution is -2.53. The van der Waals surface area contributed by atoms with E-state index in [2.05, 4.69) is 31.0 Å². The number of primary amides is 1. The Balaban J connectivity index is 2.21. The summed E-state index contributed by atoms with van der Waals surface area (Å²) in [5, 5.41) is 2.57. The molecule has 8 N–H and O–H groups in total. The van der Waals surface area contributed by atoms with E-state index in [1.54, 1.807) is 42.5 Å². The Bertz CT molecular complexity index is 1090. The van der Waals surface area contributed by atoms with Crippen LogP contribution in [-0.2, 0) is 26.0 Å². The summed E-state index contributed by atoms with van der Waals surface area (Å²) in [4.78, 5) is 28.8. The second-order valence-corrected chi connectivity index (χ2v) is 9.74. The van der Waals surface area contributed by atoms with Gasteiger partial charge in [0.1, 0.15) is 12.1 Å². The molecular weight excluding hydrogens is 512 g/mol. The van der Waals surface area contributed by atoms with Crippen LogP contribution in [0.4, 0.5) is 0 Å². The second kappa shape index (κ2) is 12.3. The van der Waals surface area contributed by atoms with E-state index in [0.29, 0.717) is 10.9 Å². The smallest absolute Gasteiger partial charge is 0.242 e. The van der Waals surface area contributed by atoms with Crippen LogP contribution in [0.3, 0.4) is 0 Å². The normalized spacial score (nSPS) is 13.0. The predicted octanol–water partition coefficient (Wildman–Crippen LogP) is 0.362. The number of amides is 2. The Hall–Kier alpha value is -2.96. The third-order valence-electron chi connectivity index (χ3n) is 4.63. The zero-order valence-electron chi connectivity index (χ0n) is 17.8. The number of carbonyl (C=O) groups is 2. The number of nitrogens with one attached hydrogen (secondary N) is 2. The lowest BCUT2D eigenvalue weighted by Gasteiger charge is -2.22. The highest BCUT2D eigenvalue weighted by Crippen LogP contribution is 2.21. The average Bonchev–Trinajstić information content (AvgIpc) is 2.76. The summed E-state index contributed by atoms with van der Waals surface area (Å²) < 4.78 is 28.6. The van der Waals surface area contributed by atoms with E-state index in [9.17, 15) is 18.0 Å². The van der Waals surface area contributed by atoms with Crippen LogP contribution in [0.15, 0.2) is 69.0 Å². The molecule has 0 saturated heterocycles. The van der Waals surface area contributed by atoms with Crippen LogP contribution >= 0.6 is 15.9 Å². The lowest BCUT2D eigenvalue weighted by molar-refractivity contribution is -0.128. The Morgan fingerprint density at radius 2 is 1.61 bits per heavy atom. The summed E-state index contributed by atoms with van der Waals surface area (Å²) in [6.07, 6.45) is 0.567. The van der Waals surface area contributed by atoms with E-state index >= 15 is 0 Å². The van der Waals surface area contributed by atoms with Gasteiger partial charge in [-0.2, -0.15) is 4.72 Å². The van der Waals surface area contributed by atoms with Crippen LogP contribution in [0.25, 0.3) is 0 Å². The number of halogens is 1. The summed E-state index contributed by atoms with van der Waals surface area (Å²) in [7, 11) is -4.06.